The molecule has 1 aliphatic rings. The molecule has 282 valence electrons. The summed E-state index contributed by atoms with van der Waals surface area (Å²) in [5, 5.41) is 28.5. The molecule has 2 aromatic rings. The molecule has 0 aromatic heterocycles. The molecular formula is C34H47N4NaO12S. The monoisotopic (exact) mass is 758 g/mol. The van der Waals surface area contributed by atoms with Gasteiger partial charge in [-0.25, -0.2) is 8.42 Å². The molecule has 1 aliphatic heterocycles. The summed E-state index contributed by atoms with van der Waals surface area (Å²) >= 11 is 0. The molecule has 18 heteroatoms. The van der Waals surface area contributed by atoms with Gasteiger partial charge >= 0.3 is 29.6 Å². The first-order chi connectivity index (χ1) is 24.3. The van der Waals surface area contributed by atoms with Crippen LogP contribution in [-0.2, 0) is 33.7 Å². The van der Waals surface area contributed by atoms with E-state index < -0.39 is 53.6 Å². The second-order valence-electron chi connectivity index (χ2n) is 12.0. The Morgan fingerprint density at radius 1 is 0.962 bits per heavy atom. The average Bonchev–Trinajstić information content (AvgIpc) is 3.09. The van der Waals surface area contributed by atoms with Gasteiger partial charge in [0.2, 0.25) is 34.4 Å². The molecule has 0 radical (unpaired) electrons. The van der Waals surface area contributed by atoms with Crippen LogP contribution in [-0.4, -0.2) is 109 Å². The summed E-state index contributed by atoms with van der Waals surface area (Å²) in [6, 6.07) is 13.6. The summed E-state index contributed by atoms with van der Waals surface area (Å²) in [5.74, 6) is -0.939. The van der Waals surface area contributed by atoms with Gasteiger partial charge in [-0.2, -0.15) is 0 Å². The maximum atomic E-state index is 12.9. The molecule has 1 saturated heterocycles. The number of benzene rings is 2. The van der Waals surface area contributed by atoms with Crippen LogP contribution in [0.2, 0.25) is 0 Å². The Kier molecular flexibility index (Phi) is 19.8. The fourth-order valence-corrected chi connectivity index (χ4v) is 5.88. The Morgan fingerprint density at radius 2 is 1.65 bits per heavy atom. The minimum absolute atomic E-state index is 0. The first-order valence-corrected chi connectivity index (χ1v) is 18.2. The Labute approximate surface area is 326 Å². The van der Waals surface area contributed by atoms with Crippen molar-refractivity contribution in [3.8, 4) is 5.75 Å². The minimum atomic E-state index is -5.30. The van der Waals surface area contributed by atoms with Crippen molar-refractivity contribution in [3.63, 3.8) is 0 Å². The molecule has 0 saturated carbocycles. The van der Waals surface area contributed by atoms with Gasteiger partial charge in [0.1, 0.15) is 30.1 Å². The van der Waals surface area contributed by atoms with Crippen molar-refractivity contribution in [3.05, 3.63) is 60.2 Å². The van der Waals surface area contributed by atoms with Crippen LogP contribution in [0.1, 0.15) is 69.2 Å². The van der Waals surface area contributed by atoms with Crippen molar-refractivity contribution in [2.45, 2.75) is 89.4 Å². The van der Waals surface area contributed by atoms with E-state index in [1.807, 2.05) is 13.0 Å². The first-order valence-electron chi connectivity index (χ1n) is 16.8. The zero-order valence-electron chi connectivity index (χ0n) is 29.7. The Hall–Kier alpha value is -3.13. The molecule has 2 aromatic carbocycles. The summed E-state index contributed by atoms with van der Waals surface area (Å²) < 4.78 is 49.2. The summed E-state index contributed by atoms with van der Waals surface area (Å²) in [6.07, 6.45) is -2.23. The Balaban J connectivity index is 0.00000936. The largest absolute Gasteiger partial charge is 1.00 e. The quantitative estimate of drug-likeness (QED) is 0.0447. The van der Waals surface area contributed by atoms with E-state index in [2.05, 4.69) is 20.1 Å². The molecular weight excluding hydrogens is 711 g/mol. The number of unbranched alkanes of at least 4 members (excludes halogenated alkanes) is 3. The Bertz CT molecular complexity index is 1530. The molecule has 1 heterocycles. The number of nitrogens with zero attached hydrogens (tertiary/aromatic N) is 1. The first kappa shape index (κ1) is 45.0. The van der Waals surface area contributed by atoms with Crippen molar-refractivity contribution >= 4 is 39.7 Å². The summed E-state index contributed by atoms with van der Waals surface area (Å²) in [5.41, 5.74) is 1.01. The second kappa shape index (κ2) is 22.8. The van der Waals surface area contributed by atoms with E-state index >= 15 is 0 Å². The molecule has 0 bridgehead atoms. The summed E-state index contributed by atoms with van der Waals surface area (Å²) in [7, 11) is -5.30. The van der Waals surface area contributed by atoms with Gasteiger partial charge in [-0.1, -0.05) is 31.5 Å². The van der Waals surface area contributed by atoms with E-state index in [1.165, 1.54) is 24.3 Å². The molecule has 1 fully saturated rings. The number of rotatable bonds is 20. The number of aliphatic hydroxyl groups excluding tert-OH is 2. The maximum absolute atomic E-state index is 12.9. The number of carbonyl (C=O) groups is 4. The summed E-state index contributed by atoms with van der Waals surface area (Å²) in [6.45, 7) is 3.53. The Morgan fingerprint density at radius 3 is 2.27 bits per heavy atom. The van der Waals surface area contributed by atoms with Gasteiger partial charge in [0, 0.05) is 50.7 Å². The van der Waals surface area contributed by atoms with Gasteiger partial charge in [-0.05, 0) is 62.1 Å². The van der Waals surface area contributed by atoms with Gasteiger partial charge in [0.05, 0.1) is 6.61 Å². The number of amides is 4. The molecule has 3 rings (SSSR count). The number of nitrogens with one attached hydrogen (secondary N) is 3. The molecule has 5 atom stereocenters. The van der Waals surface area contributed by atoms with E-state index in [-0.39, 0.29) is 66.0 Å². The van der Waals surface area contributed by atoms with Crippen molar-refractivity contribution in [2.24, 2.45) is 0 Å². The molecule has 16 nitrogen and oxygen atoms in total. The number of aliphatic hydroxyl groups is 2. The van der Waals surface area contributed by atoms with Crippen LogP contribution in [0.5, 0.6) is 5.75 Å². The molecule has 52 heavy (non-hydrogen) atoms. The van der Waals surface area contributed by atoms with Gasteiger partial charge in [-0.15, -0.1) is 0 Å². The van der Waals surface area contributed by atoms with Crippen LogP contribution in [0.15, 0.2) is 54.6 Å². The number of ether oxygens (including phenoxy) is 2. The number of hydrogen-bond donors (Lipinski definition) is 5. The van der Waals surface area contributed by atoms with Crippen LogP contribution in [0, 0.1) is 0 Å². The standard InChI is InChI=1S/C34H48N4O12S.Na/c1-3-4-13-29(42)38(20-10-6-9-19-35-33(44)24-11-7-5-8-12-24)21-18-28(41)37-25-14-16-26(17-15-25)48-34-30(36-23(2)40)31(43)32(27(22-39)49-34)50-51(45,46)47;/h5,7-8,11-12,14-17,27,30-32,34,39,43H,3-4,6,9-10,13,18-22H2,1-2H3,(H,35,44)(H,36,40)(H,37,41)(H,45,46,47);/q;+1/p-1. The predicted octanol–water partition coefficient (Wildman–Crippen LogP) is -1.55. The van der Waals surface area contributed by atoms with E-state index in [9.17, 15) is 42.4 Å². The van der Waals surface area contributed by atoms with Gasteiger partial charge in [0.15, 0.2) is 0 Å². The van der Waals surface area contributed by atoms with Crippen molar-refractivity contribution in [1.82, 2.24) is 15.5 Å². The fourth-order valence-electron chi connectivity index (χ4n) is 5.37. The average molecular weight is 759 g/mol. The SMILES string of the molecule is CCCCC(=O)N(CCCCCNC(=O)c1ccccc1)CCC(=O)Nc1ccc(OC2OC(CO)C(OS(=O)(=O)[O-])C(O)C2NC(C)=O)cc1.[Na+]. The fraction of sp³-hybridized carbons (Fsp3) is 0.529. The van der Waals surface area contributed by atoms with E-state index in [0.717, 1.165) is 39.0 Å². The molecule has 4 amide bonds. The van der Waals surface area contributed by atoms with Gasteiger partial charge in [-0.3, -0.25) is 23.4 Å². The van der Waals surface area contributed by atoms with E-state index in [1.54, 1.807) is 29.2 Å². The van der Waals surface area contributed by atoms with E-state index in [0.29, 0.717) is 30.8 Å². The van der Waals surface area contributed by atoms with Crippen molar-refractivity contribution in [1.29, 1.82) is 0 Å². The topological polar surface area (TPSA) is 233 Å². The summed E-state index contributed by atoms with van der Waals surface area (Å²) in [4.78, 5) is 51.4. The van der Waals surface area contributed by atoms with Crippen molar-refractivity contribution < 1.29 is 85.6 Å². The van der Waals surface area contributed by atoms with Gasteiger partial charge in [0.25, 0.3) is 5.91 Å². The minimum Gasteiger partial charge on any atom is -0.726 e. The molecule has 5 N–H and O–H groups in total. The molecule has 5 unspecified atom stereocenters. The third-order valence-corrected chi connectivity index (χ3v) is 8.43. The zero-order valence-corrected chi connectivity index (χ0v) is 32.5. The molecule has 0 aliphatic carbocycles. The van der Waals surface area contributed by atoms with Crippen LogP contribution in [0.4, 0.5) is 5.69 Å². The van der Waals surface area contributed by atoms with Crippen LogP contribution in [0.3, 0.4) is 0 Å². The number of hydrogen-bond acceptors (Lipinski definition) is 12. The van der Waals surface area contributed by atoms with Crippen molar-refractivity contribution in [2.75, 3.05) is 31.6 Å². The van der Waals surface area contributed by atoms with Crippen LogP contribution < -0.4 is 50.2 Å². The van der Waals surface area contributed by atoms with E-state index in [4.69, 9.17) is 9.47 Å². The maximum Gasteiger partial charge on any atom is 1.00 e. The smallest absolute Gasteiger partial charge is 0.726 e. The van der Waals surface area contributed by atoms with Crippen LogP contribution >= 0.6 is 0 Å². The number of anilines is 1. The third kappa shape index (κ3) is 15.5. The van der Waals surface area contributed by atoms with Gasteiger partial charge < -0.3 is 45.1 Å². The normalized spacial score (nSPS) is 19.8. The zero-order chi connectivity index (χ0) is 37.4. The predicted molar refractivity (Wildman–Crippen MR) is 183 cm³/mol. The second-order valence-corrected chi connectivity index (χ2v) is 13.0. The third-order valence-electron chi connectivity index (χ3n) is 7.97. The van der Waals surface area contributed by atoms with Crippen LogP contribution in [0.25, 0.3) is 0 Å². The molecule has 0 spiro atoms. The number of carbonyl (C=O) groups excluding carboxylic acids is 4.